The quantitative estimate of drug-likeness (QED) is 0.450. The first-order valence-corrected chi connectivity index (χ1v) is 9.51. The lowest BCUT2D eigenvalue weighted by molar-refractivity contribution is -0.126. The molecular weight excluding hydrogens is 378 g/mol. The van der Waals surface area contributed by atoms with Crippen LogP contribution < -0.4 is 15.5 Å². The van der Waals surface area contributed by atoms with Crippen molar-refractivity contribution in [2.24, 2.45) is 5.10 Å². The number of rotatable bonds is 8. The lowest BCUT2D eigenvalue weighted by Gasteiger charge is -2.17. The monoisotopic (exact) mass is 401 g/mol. The van der Waals surface area contributed by atoms with Crippen molar-refractivity contribution in [1.29, 1.82) is 0 Å². The van der Waals surface area contributed by atoms with E-state index in [1.165, 1.54) is 6.21 Å². The fourth-order valence-corrected chi connectivity index (χ4v) is 2.96. The minimum absolute atomic E-state index is 0.172. The Morgan fingerprint density at radius 1 is 0.900 bits per heavy atom. The molecule has 0 bridgehead atoms. The zero-order chi connectivity index (χ0) is 21.2. The van der Waals surface area contributed by atoms with Crippen molar-refractivity contribution >= 4 is 18.0 Å². The number of carbonyl (C=O) groups is 2. The number of methoxy groups -OCH3 is 1. The Hall–Kier alpha value is -3.93. The van der Waals surface area contributed by atoms with Crippen LogP contribution in [0.5, 0.6) is 5.75 Å². The van der Waals surface area contributed by atoms with Gasteiger partial charge in [-0.05, 0) is 41.0 Å². The van der Waals surface area contributed by atoms with E-state index in [4.69, 9.17) is 4.74 Å². The summed E-state index contributed by atoms with van der Waals surface area (Å²) in [7, 11) is 1.59. The molecule has 0 aliphatic carbocycles. The van der Waals surface area contributed by atoms with Crippen molar-refractivity contribution in [2.75, 3.05) is 13.7 Å². The van der Waals surface area contributed by atoms with Crippen molar-refractivity contribution in [3.63, 3.8) is 0 Å². The number of hydrazone groups is 1. The van der Waals surface area contributed by atoms with E-state index in [2.05, 4.69) is 15.8 Å². The van der Waals surface area contributed by atoms with E-state index < -0.39 is 11.8 Å². The maximum Gasteiger partial charge on any atom is 0.259 e. The fraction of sp³-hybridized carbons (Fsp3) is 0.125. The predicted molar refractivity (Wildman–Crippen MR) is 116 cm³/mol. The molecule has 0 unspecified atom stereocenters. The first-order chi connectivity index (χ1) is 14.7. The minimum Gasteiger partial charge on any atom is -0.497 e. The van der Waals surface area contributed by atoms with Gasteiger partial charge < -0.3 is 10.1 Å². The molecular formula is C24H23N3O3. The second kappa shape index (κ2) is 10.6. The number of ether oxygens (including phenoxy) is 1. The number of amides is 2. The topological polar surface area (TPSA) is 79.8 Å². The lowest BCUT2D eigenvalue weighted by atomic mass is 9.90. The molecule has 6 nitrogen and oxygen atoms in total. The first-order valence-electron chi connectivity index (χ1n) is 9.51. The van der Waals surface area contributed by atoms with Crippen LogP contribution in [-0.4, -0.2) is 31.7 Å². The second-order valence-corrected chi connectivity index (χ2v) is 6.54. The van der Waals surface area contributed by atoms with Crippen LogP contribution in [0.25, 0.3) is 0 Å². The van der Waals surface area contributed by atoms with Gasteiger partial charge in [-0.1, -0.05) is 60.7 Å². The summed E-state index contributed by atoms with van der Waals surface area (Å²) >= 11 is 0. The normalized spacial score (nSPS) is 10.7. The molecule has 0 aliphatic heterocycles. The molecule has 0 atom stereocenters. The highest BCUT2D eigenvalue weighted by Crippen LogP contribution is 2.24. The summed E-state index contributed by atoms with van der Waals surface area (Å²) in [4.78, 5) is 24.9. The van der Waals surface area contributed by atoms with Gasteiger partial charge in [-0.2, -0.15) is 5.10 Å². The van der Waals surface area contributed by atoms with E-state index >= 15 is 0 Å². The molecule has 0 spiro atoms. The molecule has 0 aromatic heterocycles. The van der Waals surface area contributed by atoms with E-state index in [0.29, 0.717) is 0 Å². The Morgan fingerprint density at radius 3 is 2.00 bits per heavy atom. The Bertz CT molecular complexity index is 948. The third kappa shape index (κ3) is 5.78. The van der Waals surface area contributed by atoms with Gasteiger partial charge in [0.25, 0.3) is 5.91 Å². The van der Waals surface area contributed by atoms with Crippen LogP contribution in [0.2, 0.25) is 0 Å². The maximum atomic E-state index is 12.9. The molecule has 0 fully saturated rings. The van der Waals surface area contributed by atoms with Crippen molar-refractivity contribution in [3.05, 3.63) is 102 Å². The summed E-state index contributed by atoms with van der Waals surface area (Å²) in [6, 6.07) is 26.2. The second-order valence-electron chi connectivity index (χ2n) is 6.54. The van der Waals surface area contributed by atoms with Crippen LogP contribution in [0.4, 0.5) is 0 Å². The summed E-state index contributed by atoms with van der Waals surface area (Å²) in [6.07, 6.45) is 1.52. The molecule has 30 heavy (non-hydrogen) atoms. The lowest BCUT2D eigenvalue weighted by Crippen LogP contribution is -2.37. The molecule has 0 heterocycles. The van der Waals surface area contributed by atoms with Crippen LogP contribution in [-0.2, 0) is 9.59 Å². The Morgan fingerprint density at radius 2 is 1.47 bits per heavy atom. The number of hydrogen-bond acceptors (Lipinski definition) is 4. The average Bonchev–Trinajstić information content (AvgIpc) is 2.80. The highest BCUT2D eigenvalue weighted by atomic mass is 16.5. The number of nitrogens with one attached hydrogen (secondary N) is 2. The molecule has 0 radical (unpaired) electrons. The van der Waals surface area contributed by atoms with Crippen molar-refractivity contribution in [3.8, 4) is 5.75 Å². The molecule has 0 saturated heterocycles. The van der Waals surface area contributed by atoms with E-state index in [-0.39, 0.29) is 12.5 Å². The SMILES string of the molecule is COc1ccc(C=NNC(=O)CNC(=O)C(c2ccccc2)c2ccccc2)cc1. The summed E-state index contributed by atoms with van der Waals surface area (Å²) in [5, 5.41) is 6.62. The zero-order valence-electron chi connectivity index (χ0n) is 16.6. The molecule has 3 rings (SSSR count). The standard InChI is InChI=1S/C24H23N3O3/c1-30-21-14-12-18(13-15-21)16-26-27-22(28)17-25-24(29)23(19-8-4-2-5-9-19)20-10-6-3-7-11-20/h2-16,23H,17H2,1H3,(H,25,29)(H,27,28). The number of nitrogens with zero attached hydrogens (tertiary/aromatic N) is 1. The first kappa shape index (κ1) is 20.8. The van der Waals surface area contributed by atoms with Gasteiger partial charge in [0.15, 0.2) is 0 Å². The van der Waals surface area contributed by atoms with Crippen LogP contribution in [0.1, 0.15) is 22.6 Å². The number of carbonyl (C=O) groups excluding carboxylic acids is 2. The molecule has 6 heteroatoms. The van der Waals surface area contributed by atoms with E-state index in [1.54, 1.807) is 19.2 Å². The molecule has 3 aromatic rings. The molecule has 2 N–H and O–H groups in total. The van der Waals surface area contributed by atoms with Gasteiger partial charge in [0.05, 0.1) is 25.8 Å². The Balaban J connectivity index is 1.58. The summed E-state index contributed by atoms with van der Waals surface area (Å²) < 4.78 is 5.09. The van der Waals surface area contributed by atoms with Gasteiger partial charge in [0.2, 0.25) is 5.91 Å². The maximum absolute atomic E-state index is 12.9. The Kier molecular flexibility index (Phi) is 7.33. The highest BCUT2D eigenvalue weighted by molar-refractivity contribution is 5.91. The minimum atomic E-state index is -0.497. The van der Waals surface area contributed by atoms with Gasteiger partial charge in [0.1, 0.15) is 5.75 Å². The molecule has 3 aromatic carbocycles. The fourth-order valence-electron chi connectivity index (χ4n) is 2.96. The van der Waals surface area contributed by atoms with Gasteiger partial charge in [0, 0.05) is 0 Å². The van der Waals surface area contributed by atoms with Crippen molar-refractivity contribution in [1.82, 2.24) is 10.7 Å². The van der Waals surface area contributed by atoms with Gasteiger partial charge in [-0.25, -0.2) is 5.43 Å². The molecule has 0 saturated carbocycles. The van der Waals surface area contributed by atoms with E-state index in [9.17, 15) is 9.59 Å². The van der Waals surface area contributed by atoms with Crippen LogP contribution in [0.3, 0.4) is 0 Å². The van der Waals surface area contributed by atoms with E-state index in [1.807, 2.05) is 72.8 Å². The smallest absolute Gasteiger partial charge is 0.259 e. The molecule has 152 valence electrons. The van der Waals surface area contributed by atoms with Gasteiger partial charge in [-0.3, -0.25) is 9.59 Å². The van der Waals surface area contributed by atoms with Gasteiger partial charge >= 0.3 is 0 Å². The van der Waals surface area contributed by atoms with Crippen LogP contribution in [0.15, 0.2) is 90.0 Å². The van der Waals surface area contributed by atoms with Gasteiger partial charge in [-0.15, -0.1) is 0 Å². The largest absolute Gasteiger partial charge is 0.497 e. The number of benzene rings is 3. The zero-order valence-corrected chi connectivity index (χ0v) is 16.6. The third-order valence-electron chi connectivity index (χ3n) is 4.47. The molecule has 2 amide bonds. The molecule has 0 aliphatic rings. The Labute approximate surface area is 175 Å². The summed E-state index contributed by atoms with van der Waals surface area (Å²) in [5.74, 6) is -0.414. The number of hydrogen-bond donors (Lipinski definition) is 2. The van der Waals surface area contributed by atoms with Crippen molar-refractivity contribution in [2.45, 2.75) is 5.92 Å². The highest BCUT2D eigenvalue weighted by Gasteiger charge is 2.22. The predicted octanol–water partition coefficient (Wildman–Crippen LogP) is 3.09. The third-order valence-corrected chi connectivity index (χ3v) is 4.47. The average molecular weight is 401 g/mol. The summed E-state index contributed by atoms with van der Waals surface area (Å²) in [6.45, 7) is -0.172. The van der Waals surface area contributed by atoms with Crippen molar-refractivity contribution < 1.29 is 14.3 Å². The van der Waals surface area contributed by atoms with E-state index in [0.717, 1.165) is 22.4 Å². The van der Waals surface area contributed by atoms with Crippen LogP contribution in [0, 0.1) is 0 Å². The summed E-state index contributed by atoms with van der Waals surface area (Å²) in [5.41, 5.74) is 4.95. The van der Waals surface area contributed by atoms with Crippen LogP contribution >= 0.6 is 0 Å².